The lowest BCUT2D eigenvalue weighted by molar-refractivity contribution is -0.146. The molecular formula is C17H14N2O4. The first-order chi connectivity index (χ1) is 11.2. The van der Waals surface area contributed by atoms with Crippen molar-refractivity contribution >= 4 is 16.9 Å². The van der Waals surface area contributed by atoms with Gasteiger partial charge in [0.05, 0.1) is 5.52 Å². The maximum atomic E-state index is 11.3. The maximum absolute atomic E-state index is 11.3. The van der Waals surface area contributed by atoms with E-state index in [1.807, 2.05) is 24.3 Å². The third-order valence-electron chi connectivity index (χ3n) is 3.13. The third-order valence-corrected chi connectivity index (χ3v) is 3.13. The standard InChI is InChI=1S/C17H14N2O4/c20-16(21)15(11-22-13-7-2-1-3-8-13)23-17-18-10-12-6-4-5-9-14(12)19-17/h1-10,15H,11H2,(H,20,21). The van der Waals surface area contributed by atoms with Gasteiger partial charge in [-0.3, -0.25) is 0 Å². The zero-order valence-corrected chi connectivity index (χ0v) is 12.1. The molecule has 6 nitrogen and oxygen atoms in total. The molecule has 0 amide bonds. The summed E-state index contributed by atoms with van der Waals surface area (Å²) in [6.45, 7) is -0.143. The van der Waals surface area contributed by atoms with E-state index in [0.717, 1.165) is 5.39 Å². The summed E-state index contributed by atoms with van der Waals surface area (Å²) in [5.74, 6) is -0.570. The second-order valence-corrected chi connectivity index (χ2v) is 4.78. The number of aromatic nitrogens is 2. The second kappa shape index (κ2) is 6.74. The first kappa shape index (κ1) is 14.8. The van der Waals surface area contributed by atoms with Gasteiger partial charge in [0.2, 0.25) is 6.10 Å². The molecule has 0 bridgehead atoms. The molecule has 0 saturated heterocycles. The number of carboxylic acids is 1. The number of aliphatic carboxylic acids is 1. The summed E-state index contributed by atoms with van der Waals surface area (Å²) in [5, 5.41) is 10.1. The van der Waals surface area contributed by atoms with Crippen LogP contribution in [0.25, 0.3) is 10.9 Å². The Kier molecular flexibility index (Phi) is 4.33. The summed E-state index contributed by atoms with van der Waals surface area (Å²) < 4.78 is 10.8. The third kappa shape index (κ3) is 3.74. The van der Waals surface area contributed by atoms with E-state index < -0.39 is 12.1 Å². The second-order valence-electron chi connectivity index (χ2n) is 4.78. The Hall–Kier alpha value is -3.15. The Labute approximate surface area is 132 Å². The molecule has 1 aromatic heterocycles. The van der Waals surface area contributed by atoms with Gasteiger partial charge in [-0.15, -0.1) is 0 Å². The number of carbonyl (C=O) groups is 1. The number of nitrogens with zero attached hydrogens (tertiary/aromatic N) is 2. The van der Waals surface area contributed by atoms with Crippen molar-refractivity contribution in [2.24, 2.45) is 0 Å². The van der Waals surface area contributed by atoms with Crippen LogP contribution < -0.4 is 9.47 Å². The van der Waals surface area contributed by atoms with Crippen LogP contribution >= 0.6 is 0 Å². The number of para-hydroxylation sites is 2. The zero-order valence-electron chi connectivity index (χ0n) is 12.1. The van der Waals surface area contributed by atoms with Crippen LogP contribution in [0.5, 0.6) is 11.8 Å². The summed E-state index contributed by atoms with van der Waals surface area (Å²) in [6.07, 6.45) is 0.394. The molecule has 3 rings (SSSR count). The molecule has 116 valence electrons. The van der Waals surface area contributed by atoms with Crippen molar-refractivity contribution in [1.29, 1.82) is 0 Å². The lowest BCUT2D eigenvalue weighted by Gasteiger charge is -2.14. The first-order valence-corrected chi connectivity index (χ1v) is 7.01. The number of benzene rings is 2. The smallest absolute Gasteiger partial charge is 0.348 e. The fourth-order valence-electron chi connectivity index (χ4n) is 1.98. The van der Waals surface area contributed by atoms with Crippen LogP contribution in [-0.2, 0) is 4.79 Å². The summed E-state index contributed by atoms with van der Waals surface area (Å²) in [5.41, 5.74) is 0.686. The van der Waals surface area contributed by atoms with E-state index in [4.69, 9.17) is 9.47 Å². The minimum absolute atomic E-state index is 0.00719. The lowest BCUT2D eigenvalue weighted by atomic mass is 10.2. The monoisotopic (exact) mass is 310 g/mol. The van der Waals surface area contributed by atoms with E-state index in [9.17, 15) is 9.90 Å². The quantitative estimate of drug-likeness (QED) is 0.753. The van der Waals surface area contributed by atoms with Gasteiger partial charge >= 0.3 is 12.0 Å². The average molecular weight is 310 g/mol. The average Bonchev–Trinajstić information content (AvgIpc) is 2.59. The Morgan fingerprint density at radius 3 is 2.61 bits per heavy atom. The van der Waals surface area contributed by atoms with Crippen molar-refractivity contribution in [2.75, 3.05) is 6.61 Å². The molecule has 0 aliphatic rings. The number of rotatable bonds is 6. The first-order valence-electron chi connectivity index (χ1n) is 7.01. The minimum Gasteiger partial charge on any atom is -0.489 e. The van der Waals surface area contributed by atoms with Crippen molar-refractivity contribution in [3.05, 3.63) is 60.8 Å². The molecule has 0 aliphatic carbocycles. The van der Waals surface area contributed by atoms with Gasteiger partial charge in [0.25, 0.3) is 0 Å². The van der Waals surface area contributed by atoms with Crippen LogP contribution in [-0.4, -0.2) is 33.8 Å². The van der Waals surface area contributed by atoms with Crippen molar-refractivity contribution in [3.63, 3.8) is 0 Å². The van der Waals surface area contributed by atoms with Crippen molar-refractivity contribution in [3.8, 4) is 11.8 Å². The van der Waals surface area contributed by atoms with Crippen LogP contribution in [0.4, 0.5) is 0 Å². The predicted octanol–water partition coefficient (Wildman–Crippen LogP) is 2.54. The number of fused-ring (bicyclic) bond motifs is 1. The highest BCUT2D eigenvalue weighted by atomic mass is 16.6. The summed E-state index contributed by atoms with van der Waals surface area (Å²) in [7, 11) is 0. The number of hydrogen-bond acceptors (Lipinski definition) is 5. The van der Waals surface area contributed by atoms with Crippen LogP contribution in [0.2, 0.25) is 0 Å². The molecule has 0 saturated carbocycles. The van der Waals surface area contributed by atoms with E-state index in [2.05, 4.69) is 9.97 Å². The van der Waals surface area contributed by atoms with Gasteiger partial charge < -0.3 is 14.6 Å². The molecule has 2 aromatic carbocycles. The zero-order chi connectivity index (χ0) is 16.1. The van der Waals surface area contributed by atoms with Gasteiger partial charge in [-0.05, 0) is 18.2 Å². The van der Waals surface area contributed by atoms with E-state index in [-0.39, 0.29) is 12.6 Å². The fraction of sp³-hybridized carbons (Fsp3) is 0.118. The van der Waals surface area contributed by atoms with E-state index in [1.54, 1.807) is 36.5 Å². The Balaban J connectivity index is 1.72. The number of hydrogen-bond donors (Lipinski definition) is 1. The molecule has 0 radical (unpaired) electrons. The molecule has 3 aromatic rings. The van der Waals surface area contributed by atoms with Gasteiger partial charge in [0, 0.05) is 11.6 Å². The van der Waals surface area contributed by atoms with Gasteiger partial charge in [-0.25, -0.2) is 9.78 Å². The van der Waals surface area contributed by atoms with Crippen LogP contribution in [0.1, 0.15) is 0 Å². The molecule has 6 heteroatoms. The highest BCUT2D eigenvalue weighted by molar-refractivity contribution is 5.77. The fourth-order valence-corrected chi connectivity index (χ4v) is 1.98. The Morgan fingerprint density at radius 2 is 1.83 bits per heavy atom. The van der Waals surface area contributed by atoms with E-state index in [1.165, 1.54) is 0 Å². The van der Waals surface area contributed by atoms with Gasteiger partial charge in [-0.1, -0.05) is 36.4 Å². The van der Waals surface area contributed by atoms with Crippen molar-refractivity contribution in [2.45, 2.75) is 6.10 Å². The molecule has 0 fully saturated rings. The Bertz CT molecular complexity index is 808. The molecule has 1 atom stereocenters. The van der Waals surface area contributed by atoms with Gasteiger partial charge in [-0.2, -0.15) is 4.98 Å². The van der Waals surface area contributed by atoms with Crippen LogP contribution in [0, 0.1) is 0 Å². The van der Waals surface area contributed by atoms with E-state index in [0.29, 0.717) is 11.3 Å². The lowest BCUT2D eigenvalue weighted by Crippen LogP contribution is -2.34. The maximum Gasteiger partial charge on any atom is 0.348 e. The molecule has 0 spiro atoms. The van der Waals surface area contributed by atoms with Gasteiger partial charge in [0.15, 0.2) is 0 Å². The molecular weight excluding hydrogens is 296 g/mol. The topological polar surface area (TPSA) is 81.5 Å². The number of ether oxygens (including phenoxy) is 2. The predicted molar refractivity (Wildman–Crippen MR) is 83.5 cm³/mol. The van der Waals surface area contributed by atoms with Crippen LogP contribution in [0.15, 0.2) is 60.8 Å². The largest absolute Gasteiger partial charge is 0.489 e. The van der Waals surface area contributed by atoms with Crippen molar-refractivity contribution < 1.29 is 19.4 Å². The minimum atomic E-state index is -1.20. The molecule has 1 unspecified atom stereocenters. The van der Waals surface area contributed by atoms with E-state index >= 15 is 0 Å². The molecule has 1 heterocycles. The summed E-state index contributed by atoms with van der Waals surface area (Å²) in [6, 6.07) is 16.3. The molecule has 1 N–H and O–H groups in total. The highest BCUT2D eigenvalue weighted by Gasteiger charge is 2.22. The van der Waals surface area contributed by atoms with Crippen molar-refractivity contribution in [1.82, 2.24) is 9.97 Å². The summed E-state index contributed by atoms with van der Waals surface area (Å²) >= 11 is 0. The Morgan fingerprint density at radius 1 is 1.09 bits per heavy atom. The molecule has 23 heavy (non-hydrogen) atoms. The SMILES string of the molecule is O=C(O)C(COc1ccccc1)Oc1ncc2ccccc2n1. The summed E-state index contributed by atoms with van der Waals surface area (Å²) in [4.78, 5) is 19.6. The van der Waals surface area contributed by atoms with Crippen LogP contribution in [0.3, 0.4) is 0 Å². The normalized spacial score (nSPS) is 11.8. The highest BCUT2D eigenvalue weighted by Crippen LogP contribution is 2.15. The van der Waals surface area contributed by atoms with Gasteiger partial charge in [0.1, 0.15) is 12.4 Å². The molecule has 0 aliphatic heterocycles. The number of carboxylic acid groups (broad SMARTS) is 1.